The summed E-state index contributed by atoms with van der Waals surface area (Å²) in [6.45, 7) is 0.403. The maximum absolute atomic E-state index is 13.1. The Morgan fingerprint density at radius 2 is 1.96 bits per heavy atom. The molecule has 0 saturated carbocycles. The Morgan fingerprint density at radius 3 is 2.58 bits per heavy atom. The Kier molecular flexibility index (Phi) is 5.67. The second-order valence-electron chi connectivity index (χ2n) is 5.31. The Morgan fingerprint density at radius 1 is 1.29 bits per heavy atom. The van der Waals surface area contributed by atoms with E-state index in [9.17, 15) is 23.2 Å². The summed E-state index contributed by atoms with van der Waals surface area (Å²) in [6.07, 6.45) is -0.162. The Labute approximate surface area is 137 Å². The SMILES string of the molecule is CNC(=O)C[C@H]1C(=O)NCCN1C(=O)NCc1cc(F)cc(F)c1. The zero-order valence-corrected chi connectivity index (χ0v) is 13.1. The maximum Gasteiger partial charge on any atom is 0.318 e. The standard InChI is InChI=1S/C15H18F2N4O3/c1-18-13(22)7-12-14(23)19-2-3-21(12)15(24)20-8-9-4-10(16)6-11(17)5-9/h4-6,12H,2-3,7-8H2,1H3,(H,18,22)(H,19,23)(H,20,24)/t12-/m0/s1. The molecule has 1 atom stereocenters. The molecule has 0 aromatic heterocycles. The second-order valence-corrected chi connectivity index (χ2v) is 5.31. The van der Waals surface area contributed by atoms with Gasteiger partial charge < -0.3 is 20.9 Å². The summed E-state index contributed by atoms with van der Waals surface area (Å²) in [5.74, 6) is -2.28. The highest BCUT2D eigenvalue weighted by atomic mass is 19.1. The van der Waals surface area contributed by atoms with Crippen molar-refractivity contribution in [3.8, 4) is 0 Å². The highest BCUT2D eigenvalue weighted by Gasteiger charge is 2.34. The van der Waals surface area contributed by atoms with E-state index in [2.05, 4.69) is 16.0 Å². The minimum absolute atomic E-state index is 0.0989. The van der Waals surface area contributed by atoms with Crippen LogP contribution in [0.4, 0.5) is 13.6 Å². The van der Waals surface area contributed by atoms with Gasteiger partial charge in [-0.15, -0.1) is 0 Å². The van der Waals surface area contributed by atoms with Crippen LogP contribution in [0.3, 0.4) is 0 Å². The van der Waals surface area contributed by atoms with Crippen molar-refractivity contribution < 1.29 is 23.2 Å². The van der Waals surface area contributed by atoms with Gasteiger partial charge >= 0.3 is 6.03 Å². The van der Waals surface area contributed by atoms with Crippen LogP contribution in [0.1, 0.15) is 12.0 Å². The molecule has 130 valence electrons. The molecule has 0 spiro atoms. The van der Waals surface area contributed by atoms with E-state index in [1.807, 2.05) is 0 Å². The van der Waals surface area contributed by atoms with Crippen LogP contribution in [0.25, 0.3) is 0 Å². The van der Waals surface area contributed by atoms with E-state index in [1.54, 1.807) is 0 Å². The van der Waals surface area contributed by atoms with Gasteiger partial charge in [0.05, 0.1) is 6.42 Å². The molecule has 1 aromatic carbocycles. The van der Waals surface area contributed by atoms with Gasteiger partial charge in [0.2, 0.25) is 11.8 Å². The lowest BCUT2D eigenvalue weighted by Gasteiger charge is -2.34. The van der Waals surface area contributed by atoms with E-state index < -0.39 is 29.6 Å². The van der Waals surface area contributed by atoms with Crippen molar-refractivity contribution in [1.29, 1.82) is 0 Å². The number of urea groups is 1. The van der Waals surface area contributed by atoms with Crippen LogP contribution >= 0.6 is 0 Å². The zero-order chi connectivity index (χ0) is 17.7. The number of halogens is 2. The summed E-state index contributed by atoms with van der Waals surface area (Å²) in [4.78, 5) is 36.9. The van der Waals surface area contributed by atoms with Gasteiger partial charge in [-0.3, -0.25) is 9.59 Å². The molecular formula is C15H18F2N4O3. The van der Waals surface area contributed by atoms with Gasteiger partial charge in [0, 0.05) is 32.7 Å². The third kappa shape index (κ3) is 4.40. The molecular weight excluding hydrogens is 322 g/mol. The van der Waals surface area contributed by atoms with Crippen molar-refractivity contribution in [2.45, 2.75) is 19.0 Å². The van der Waals surface area contributed by atoms with E-state index in [4.69, 9.17) is 0 Å². The fourth-order valence-electron chi connectivity index (χ4n) is 2.43. The summed E-state index contributed by atoms with van der Waals surface area (Å²) < 4.78 is 26.3. The van der Waals surface area contributed by atoms with Crippen LogP contribution in [0.2, 0.25) is 0 Å². The first-order chi connectivity index (χ1) is 11.4. The molecule has 1 heterocycles. The van der Waals surface area contributed by atoms with Crippen LogP contribution in [-0.4, -0.2) is 48.9 Å². The smallest absolute Gasteiger partial charge is 0.318 e. The van der Waals surface area contributed by atoms with Gasteiger partial charge in [0.15, 0.2) is 0 Å². The molecule has 7 nitrogen and oxygen atoms in total. The average Bonchev–Trinajstić information content (AvgIpc) is 2.53. The molecule has 9 heteroatoms. The number of hydrogen-bond acceptors (Lipinski definition) is 3. The van der Waals surface area contributed by atoms with Crippen molar-refractivity contribution >= 4 is 17.8 Å². The average molecular weight is 340 g/mol. The third-order valence-corrected chi connectivity index (χ3v) is 3.62. The van der Waals surface area contributed by atoms with Crippen LogP contribution < -0.4 is 16.0 Å². The number of nitrogens with one attached hydrogen (secondary N) is 3. The minimum atomic E-state index is -0.928. The normalized spacial score (nSPS) is 17.2. The van der Waals surface area contributed by atoms with Crippen LogP contribution in [0.5, 0.6) is 0 Å². The first kappa shape index (κ1) is 17.6. The van der Waals surface area contributed by atoms with Gasteiger partial charge in [-0.05, 0) is 17.7 Å². The topological polar surface area (TPSA) is 90.5 Å². The highest BCUT2D eigenvalue weighted by molar-refractivity contribution is 5.92. The lowest BCUT2D eigenvalue weighted by atomic mass is 10.1. The van der Waals surface area contributed by atoms with Crippen molar-refractivity contribution in [1.82, 2.24) is 20.9 Å². The van der Waals surface area contributed by atoms with E-state index in [1.165, 1.54) is 11.9 Å². The molecule has 3 N–H and O–H groups in total. The van der Waals surface area contributed by atoms with Gasteiger partial charge in [-0.25, -0.2) is 13.6 Å². The molecule has 1 fully saturated rings. The largest absolute Gasteiger partial charge is 0.359 e. The minimum Gasteiger partial charge on any atom is -0.359 e. The van der Waals surface area contributed by atoms with Crippen molar-refractivity contribution in [2.24, 2.45) is 0 Å². The number of piperazine rings is 1. The molecule has 4 amide bonds. The zero-order valence-electron chi connectivity index (χ0n) is 13.1. The third-order valence-electron chi connectivity index (χ3n) is 3.62. The maximum atomic E-state index is 13.1. The molecule has 0 unspecified atom stereocenters. The van der Waals surface area contributed by atoms with Crippen molar-refractivity contribution in [2.75, 3.05) is 20.1 Å². The molecule has 1 aromatic rings. The molecule has 0 bridgehead atoms. The fraction of sp³-hybridized carbons (Fsp3) is 0.400. The number of amides is 4. The summed E-state index contributed by atoms with van der Waals surface area (Å²) in [7, 11) is 1.44. The van der Waals surface area contributed by atoms with Crippen LogP contribution in [0, 0.1) is 11.6 Å². The van der Waals surface area contributed by atoms with Gasteiger partial charge in [0.25, 0.3) is 0 Å². The van der Waals surface area contributed by atoms with Gasteiger partial charge in [-0.1, -0.05) is 0 Å². The van der Waals surface area contributed by atoms with E-state index in [-0.39, 0.29) is 37.5 Å². The van der Waals surface area contributed by atoms with E-state index >= 15 is 0 Å². The Balaban J connectivity index is 2.02. The predicted octanol–water partition coefficient (Wildman–Crippen LogP) is 0.111. The molecule has 0 aliphatic carbocycles. The van der Waals surface area contributed by atoms with E-state index in [0.717, 1.165) is 18.2 Å². The molecule has 24 heavy (non-hydrogen) atoms. The number of rotatable bonds is 4. The lowest BCUT2D eigenvalue weighted by molar-refractivity contribution is -0.132. The fourth-order valence-corrected chi connectivity index (χ4v) is 2.43. The predicted molar refractivity (Wildman–Crippen MR) is 80.8 cm³/mol. The highest BCUT2D eigenvalue weighted by Crippen LogP contribution is 2.11. The van der Waals surface area contributed by atoms with Crippen LogP contribution in [-0.2, 0) is 16.1 Å². The van der Waals surface area contributed by atoms with E-state index in [0.29, 0.717) is 0 Å². The Bertz CT molecular complexity index is 633. The first-order valence-corrected chi connectivity index (χ1v) is 7.38. The molecule has 1 aliphatic heterocycles. The molecule has 2 rings (SSSR count). The number of benzene rings is 1. The van der Waals surface area contributed by atoms with Crippen LogP contribution in [0.15, 0.2) is 18.2 Å². The lowest BCUT2D eigenvalue weighted by Crippen LogP contribution is -2.60. The van der Waals surface area contributed by atoms with Crippen molar-refractivity contribution in [3.05, 3.63) is 35.4 Å². The second kappa shape index (κ2) is 7.71. The first-order valence-electron chi connectivity index (χ1n) is 7.38. The molecule has 1 saturated heterocycles. The monoisotopic (exact) mass is 340 g/mol. The Hall–Kier alpha value is -2.71. The summed E-state index contributed by atoms with van der Waals surface area (Å²) >= 11 is 0. The van der Waals surface area contributed by atoms with Crippen molar-refractivity contribution in [3.63, 3.8) is 0 Å². The number of carbonyl (C=O) groups excluding carboxylic acids is 3. The molecule has 1 aliphatic rings. The number of hydrogen-bond donors (Lipinski definition) is 3. The summed E-state index contributed by atoms with van der Waals surface area (Å²) in [6, 6.07) is 1.44. The summed E-state index contributed by atoms with van der Waals surface area (Å²) in [5, 5.41) is 7.50. The number of carbonyl (C=O) groups is 3. The van der Waals surface area contributed by atoms with Gasteiger partial charge in [0.1, 0.15) is 17.7 Å². The quantitative estimate of drug-likeness (QED) is 0.727. The number of nitrogens with zero attached hydrogens (tertiary/aromatic N) is 1. The van der Waals surface area contributed by atoms with Gasteiger partial charge in [-0.2, -0.15) is 0 Å². The molecule has 0 radical (unpaired) electrons. The summed E-state index contributed by atoms with van der Waals surface area (Å²) in [5.41, 5.74) is 0.255.